The first kappa shape index (κ1) is 17.8. The van der Waals surface area contributed by atoms with Crippen LogP contribution in [0.4, 0.5) is 5.69 Å². The number of aromatic nitrogens is 2. The summed E-state index contributed by atoms with van der Waals surface area (Å²) in [5, 5.41) is 15.9. The monoisotopic (exact) mass is 367 g/mol. The molecule has 2 aromatic rings. The maximum atomic E-state index is 11.2. The van der Waals surface area contributed by atoms with Crippen molar-refractivity contribution in [1.82, 2.24) is 19.4 Å². The predicted molar refractivity (Wildman–Crippen MR) is 93.5 cm³/mol. The molecule has 1 aliphatic rings. The molecule has 1 atom stereocenters. The first-order valence-electron chi connectivity index (χ1n) is 8.09. The van der Waals surface area contributed by atoms with Crippen LogP contribution in [0.5, 0.6) is 0 Å². The second kappa shape index (κ2) is 7.06. The summed E-state index contributed by atoms with van der Waals surface area (Å²) in [6.07, 6.45) is 4.80. The Labute approximate surface area is 145 Å². The third kappa shape index (κ3) is 4.53. The molecule has 1 aromatic carbocycles. The number of nitrogens with one attached hydrogen (secondary N) is 1. The van der Waals surface area contributed by atoms with E-state index in [4.69, 9.17) is 0 Å². The summed E-state index contributed by atoms with van der Waals surface area (Å²) in [5.41, 5.74) is 0.902. The highest BCUT2D eigenvalue weighted by atomic mass is 32.2. The van der Waals surface area contributed by atoms with Gasteiger partial charge in [0.05, 0.1) is 29.6 Å². The number of sulfonamides is 1. The zero-order valence-corrected chi connectivity index (χ0v) is 14.8. The largest absolute Gasteiger partial charge is 0.284 e. The number of fused-ring (bicyclic) bond motifs is 1. The summed E-state index contributed by atoms with van der Waals surface area (Å²) in [6, 6.07) is 4.72. The van der Waals surface area contributed by atoms with Crippen molar-refractivity contribution in [2.45, 2.75) is 19.5 Å². The maximum Gasteiger partial charge on any atom is 0.270 e. The van der Waals surface area contributed by atoms with Gasteiger partial charge in [0.2, 0.25) is 10.0 Å². The lowest BCUT2D eigenvalue weighted by Gasteiger charge is -2.32. The van der Waals surface area contributed by atoms with E-state index in [9.17, 15) is 18.5 Å². The van der Waals surface area contributed by atoms with Crippen LogP contribution >= 0.6 is 0 Å². The standard InChI is InChI=1S/C15H21N5O4S/c1-25(23,24)17-8-12-3-2-6-18(10-12)11-19-15-5-4-14(20(21)22)7-13(15)9-16-19/h4-5,7,9,12,17H,2-3,6,8,10-11H2,1H3. The summed E-state index contributed by atoms with van der Waals surface area (Å²) in [7, 11) is -3.17. The van der Waals surface area contributed by atoms with Gasteiger partial charge >= 0.3 is 0 Å². The molecule has 136 valence electrons. The number of non-ortho nitro benzene ring substituents is 1. The minimum absolute atomic E-state index is 0.0527. The first-order valence-corrected chi connectivity index (χ1v) is 9.98. The lowest BCUT2D eigenvalue weighted by Crippen LogP contribution is -2.41. The summed E-state index contributed by atoms with van der Waals surface area (Å²) in [4.78, 5) is 12.7. The van der Waals surface area contributed by atoms with Crippen LogP contribution in [0, 0.1) is 16.0 Å². The maximum absolute atomic E-state index is 11.2. The molecule has 0 saturated carbocycles. The topological polar surface area (TPSA) is 110 Å². The molecule has 0 amide bonds. The fourth-order valence-electron chi connectivity index (χ4n) is 3.21. The number of likely N-dealkylation sites (tertiary alicyclic amines) is 1. The Kier molecular flexibility index (Phi) is 5.02. The molecule has 1 fully saturated rings. The number of nitro groups is 1. The van der Waals surface area contributed by atoms with Crippen molar-refractivity contribution in [1.29, 1.82) is 0 Å². The SMILES string of the molecule is CS(=O)(=O)NCC1CCCN(Cn2ncc3cc([N+](=O)[O-])ccc32)C1. The van der Waals surface area contributed by atoms with Crippen LogP contribution in [0.15, 0.2) is 24.4 Å². The molecular weight excluding hydrogens is 346 g/mol. The van der Waals surface area contributed by atoms with Crippen LogP contribution in [-0.2, 0) is 16.7 Å². The van der Waals surface area contributed by atoms with Gasteiger partial charge in [-0.25, -0.2) is 13.1 Å². The molecule has 2 heterocycles. The molecule has 10 heteroatoms. The van der Waals surface area contributed by atoms with E-state index in [1.165, 1.54) is 18.4 Å². The Morgan fingerprint density at radius 3 is 2.96 bits per heavy atom. The number of piperidine rings is 1. The van der Waals surface area contributed by atoms with Crippen molar-refractivity contribution >= 4 is 26.6 Å². The zero-order valence-electron chi connectivity index (χ0n) is 14.0. The zero-order chi connectivity index (χ0) is 18.0. The molecule has 25 heavy (non-hydrogen) atoms. The van der Waals surface area contributed by atoms with Crippen molar-refractivity contribution in [2.24, 2.45) is 5.92 Å². The molecule has 1 aromatic heterocycles. The van der Waals surface area contributed by atoms with Gasteiger partial charge in [-0.15, -0.1) is 0 Å². The van der Waals surface area contributed by atoms with Gasteiger partial charge in [-0.2, -0.15) is 5.10 Å². The van der Waals surface area contributed by atoms with Crippen LogP contribution in [0.3, 0.4) is 0 Å². The normalized spacial score (nSPS) is 19.3. The number of hydrogen-bond acceptors (Lipinski definition) is 6. The van der Waals surface area contributed by atoms with Crippen LogP contribution in [0.25, 0.3) is 10.9 Å². The van der Waals surface area contributed by atoms with E-state index in [1.54, 1.807) is 12.3 Å². The molecular formula is C15H21N5O4S. The van der Waals surface area contributed by atoms with E-state index in [1.807, 2.05) is 4.68 Å². The Balaban J connectivity index is 1.67. The summed E-state index contributed by atoms with van der Waals surface area (Å²) in [5.74, 6) is 0.270. The van der Waals surface area contributed by atoms with Crippen molar-refractivity contribution in [3.63, 3.8) is 0 Å². The third-order valence-corrected chi connectivity index (χ3v) is 5.10. The molecule has 0 bridgehead atoms. The first-order chi connectivity index (χ1) is 11.8. The average Bonchev–Trinajstić information content (AvgIpc) is 2.95. The molecule has 9 nitrogen and oxygen atoms in total. The Hall–Kier alpha value is -2.04. The predicted octanol–water partition coefficient (Wildman–Crippen LogP) is 1.16. The molecule has 0 spiro atoms. The van der Waals surface area contributed by atoms with Crippen LogP contribution in [0.1, 0.15) is 12.8 Å². The van der Waals surface area contributed by atoms with Crippen molar-refractivity contribution < 1.29 is 13.3 Å². The Bertz CT molecular complexity index is 879. The molecule has 1 aliphatic heterocycles. The molecule has 0 aliphatic carbocycles. The van der Waals surface area contributed by atoms with Crippen LogP contribution < -0.4 is 4.72 Å². The van der Waals surface area contributed by atoms with E-state index >= 15 is 0 Å². The minimum Gasteiger partial charge on any atom is -0.284 e. The lowest BCUT2D eigenvalue weighted by atomic mass is 9.99. The molecule has 1 saturated heterocycles. The van der Waals surface area contributed by atoms with E-state index in [-0.39, 0.29) is 11.6 Å². The van der Waals surface area contributed by atoms with Gasteiger partial charge in [0.25, 0.3) is 5.69 Å². The summed E-state index contributed by atoms with van der Waals surface area (Å²) >= 11 is 0. The molecule has 0 radical (unpaired) electrons. The fraction of sp³-hybridized carbons (Fsp3) is 0.533. The van der Waals surface area contributed by atoms with Crippen LogP contribution in [0.2, 0.25) is 0 Å². The summed E-state index contributed by atoms with van der Waals surface area (Å²) < 4.78 is 26.9. The van der Waals surface area contributed by atoms with E-state index in [0.717, 1.165) is 36.8 Å². The number of benzene rings is 1. The van der Waals surface area contributed by atoms with Crippen molar-refractivity contribution in [3.05, 3.63) is 34.5 Å². The number of rotatable bonds is 6. The van der Waals surface area contributed by atoms with Gasteiger partial charge < -0.3 is 0 Å². The highest BCUT2D eigenvalue weighted by Gasteiger charge is 2.21. The molecule has 3 rings (SSSR count). The van der Waals surface area contributed by atoms with E-state index in [0.29, 0.717) is 13.2 Å². The minimum atomic E-state index is -3.17. The number of nitrogens with zero attached hydrogens (tertiary/aromatic N) is 4. The van der Waals surface area contributed by atoms with Crippen molar-refractivity contribution in [3.8, 4) is 0 Å². The van der Waals surface area contributed by atoms with Crippen LogP contribution in [-0.4, -0.2) is 53.9 Å². The third-order valence-electron chi connectivity index (χ3n) is 4.41. The van der Waals surface area contributed by atoms with Gasteiger partial charge in [0, 0.05) is 30.6 Å². The lowest BCUT2D eigenvalue weighted by molar-refractivity contribution is -0.384. The molecule has 1 N–H and O–H groups in total. The summed E-state index contributed by atoms with van der Waals surface area (Å²) in [6.45, 7) is 2.73. The molecule has 1 unspecified atom stereocenters. The fourth-order valence-corrected chi connectivity index (χ4v) is 3.74. The second-order valence-electron chi connectivity index (χ2n) is 6.49. The average molecular weight is 367 g/mol. The van der Waals surface area contributed by atoms with E-state index in [2.05, 4.69) is 14.7 Å². The Morgan fingerprint density at radius 1 is 1.44 bits per heavy atom. The number of nitro benzene ring substituents is 1. The van der Waals surface area contributed by atoms with Gasteiger partial charge in [0.1, 0.15) is 0 Å². The van der Waals surface area contributed by atoms with Gasteiger partial charge in [-0.1, -0.05) is 0 Å². The number of hydrogen-bond donors (Lipinski definition) is 1. The van der Waals surface area contributed by atoms with Gasteiger partial charge in [-0.05, 0) is 31.4 Å². The van der Waals surface area contributed by atoms with Gasteiger partial charge in [0.15, 0.2) is 0 Å². The second-order valence-corrected chi connectivity index (χ2v) is 8.32. The van der Waals surface area contributed by atoms with Crippen molar-refractivity contribution in [2.75, 3.05) is 25.9 Å². The smallest absolute Gasteiger partial charge is 0.270 e. The van der Waals surface area contributed by atoms with Gasteiger partial charge in [-0.3, -0.25) is 19.7 Å². The quantitative estimate of drug-likeness (QED) is 0.606. The highest BCUT2D eigenvalue weighted by Crippen LogP contribution is 2.22. The Morgan fingerprint density at radius 2 is 2.24 bits per heavy atom. The highest BCUT2D eigenvalue weighted by molar-refractivity contribution is 7.88. The van der Waals surface area contributed by atoms with E-state index < -0.39 is 14.9 Å².